The molecular formula is C19H19F3N2O3S. The standard InChI is InChI=1S/C19H19F3N2O3S/c1-2-24(11-15-12-25-16-5-3-4-6-17(16)26-15)18(28)23-13-7-9-14(10-8-13)27-19(20,21)22/h3-10,15H,2,11-12H2,1H3,(H,23,28)/t15-/m1/s1. The summed E-state index contributed by atoms with van der Waals surface area (Å²) in [5.74, 6) is 1.11. The Morgan fingerprint density at radius 3 is 2.50 bits per heavy atom. The molecule has 0 aliphatic carbocycles. The number of hydrogen-bond donors (Lipinski definition) is 1. The molecule has 0 bridgehead atoms. The van der Waals surface area contributed by atoms with Gasteiger partial charge < -0.3 is 24.4 Å². The van der Waals surface area contributed by atoms with Gasteiger partial charge in [-0.1, -0.05) is 12.1 Å². The fourth-order valence-electron chi connectivity index (χ4n) is 2.70. The predicted molar refractivity (Wildman–Crippen MR) is 103 cm³/mol. The number of likely N-dealkylation sites (N-methyl/N-ethyl adjacent to an activating group) is 1. The van der Waals surface area contributed by atoms with Crippen molar-refractivity contribution < 1.29 is 27.4 Å². The average Bonchev–Trinajstić information content (AvgIpc) is 2.66. The maximum absolute atomic E-state index is 12.2. The Morgan fingerprint density at radius 2 is 1.86 bits per heavy atom. The van der Waals surface area contributed by atoms with Crippen molar-refractivity contribution in [2.24, 2.45) is 0 Å². The Morgan fingerprint density at radius 1 is 1.18 bits per heavy atom. The summed E-state index contributed by atoms with van der Waals surface area (Å²) in [6, 6.07) is 12.8. The third-order valence-corrected chi connectivity index (χ3v) is 4.36. The molecule has 2 aromatic carbocycles. The van der Waals surface area contributed by atoms with Crippen LogP contribution in [0.4, 0.5) is 18.9 Å². The first-order valence-corrected chi connectivity index (χ1v) is 9.05. The molecule has 0 amide bonds. The van der Waals surface area contributed by atoms with E-state index in [0.717, 1.165) is 0 Å². The fourth-order valence-corrected chi connectivity index (χ4v) is 3.02. The summed E-state index contributed by atoms with van der Waals surface area (Å²) < 4.78 is 52.2. The fraction of sp³-hybridized carbons (Fsp3) is 0.316. The van der Waals surface area contributed by atoms with Crippen LogP contribution in [0.2, 0.25) is 0 Å². The molecule has 0 saturated heterocycles. The van der Waals surface area contributed by atoms with Crippen LogP contribution in [0.15, 0.2) is 48.5 Å². The third-order valence-electron chi connectivity index (χ3n) is 4.00. The summed E-state index contributed by atoms with van der Waals surface area (Å²) >= 11 is 5.43. The van der Waals surface area contributed by atoms with Gasteiger partial charge in [0, 0.05) is 12.2 Å². The van der Waals surface area contributed by atoms with E-state index in [1.807, 2.05) is 36.1 Å². The number of anilines is 1. The van der Waals surface area contributed by atoms with E-state index < -0.39 is 6.36 Å². The molecule has 0 radical (unpaired) electrons. The van der Waals surface area contributed by atoms with Gasteiger partial charge in [0.2, 0.25) is 0 Å². The highest BCUT2D eigenvalue weighted by Gasteiger charge is 2.31. The molecule has 2 aromatic rings. The molecule has 28 heavy (non-hydrogen) atoms. The molecule has 0 unspecified atom stereocenters. The molecule has 150 valence electrons. The third kappa shape index (κ3) is 5.41. The van der Waals surface area contributed by atoms with Crippen LogP contribution in [0, 0.1) is 0 Å². The molecule has 1 aliphatic rings. The van der Waals surface area contributed by atoms with Crippen molar-refractivity contribution >= 4 is 23.0 Å². The Hall–Kier alpha value is -2.68. The van der Waals surface area contributed by atoms with E-state index >= 15 is 0 Å². The summed E-state index contributed by atoms with van der Waals surface area (Å²) in [5.41, 5.74) is 0.559. The highest BCUT2D eigenvalue weighted by molar-refractivity contribution is 7.80. The summed E-state index contributed by atoms with van der Waals surface area (Å²) in [6.07, 6.45) is -4.92. The minimum atomic E-state index is -4.72. The number of nitrogens with one attached hydrogen (secondary N) is 1. The van der Waals surface area contributed by atoms with Gasteiger partial charge in [-0.15, -0.1) is 13.2 Å². The smallest absolute Gasteiger partial charge is 0.486 e. The van der Waals surface area contributed by atoms with Crippen LogP contribution < -0.4 is 19.5 Å². The number of halogens is 3. The number of nitrogens with zero attached hydrogens (tertiary/aromatic N) is 1. The number of para-hydroxylation sites is 2. The van der Waals surface area contributed by atoms with Gasteiger partial charge in [-0.2, -0.15) is 0 Å². The van der Waals surface area contributed by atoms with E-state index in [1.54, 1.807) is 0 Å². The van der Waals surface area contributed by atoms with Crippen LogP contribution in [0.5, 0.6) is 17.2 Å². The van der Waals surface area contributed by atoms with Gasteiger partial charge in [0.25, 0.3) is 0 Å². The monoisotopic (exact) mass is 412 g/mol. The number of ether oxygens (including phenoxy) is 3. The van der Waals surface area contributed by atoms with E-state index in [-0.39, 0.29) is 11.9 Å². The molecule has 0 spiro atoms. The second kappa shape index (κ2) is 8.55. The normalized spacial score (nSPS) is 15.6. The lowest BCUT2D eigenvalue weighted by Gasteiger charge is -2.32. The molecule has 3 rings (SSSR count). The zero-order valence-electron chi connectivity index (χ0n) is 15.0. The topological polar surface area (TPSA) is 43.0 Å². The van der Waals surface area contributed by atoms with Gasteiger partial charge in [0.1, 0.15) is 12.4 Å². The number of hydrogen-bond acceptors (Lipinski definition) is 4. The van der Waals surface area contributed by atoms with Gasteiger partial charge in [-0.05, 0) is 55.5 Å². The van der Waals surface area contributed by atoms with Crippen LogP contribution in [-0.4, -0.2) is 42.2 Å². The average molecular weight is 412 g/mol. The minimum absolute atomic E-state index is 0.197. The zero-order valence-corrected chi connectivity index (χ0v) is 15.8. The molecule has 9 heteroatoms. The maximum Gasteiger partial charge on any atom is 0.573 e. The Bertz CT molecular complexity index is 815. The van der Waals surface area contributed by atoms with Crippen LogP contribution in [-0.2, 0) is 0 Å². The Kier molecular flexibility index (Phi) is 6.13. The highest BCUT2D eigenvalue weighted by Crippen LogP contribution is 2.31. The van der Waals surface area contributed by atoms with E-state index in [4.69, 9.17) is 21.7 Å². The second-order valence-electron chi connectivity index (χ2n) is 6.04. The largest absolute Gasteiger partial charge is 0.573 e. The number of fused-ring (bicyclic) bond motifs is 1. The van der Waals surface area contributed by atoms with Gasteiger partial charge in [-0.25, -0.2) is 0 Å². The lowest BCUT2D eigenvalue weighted by Crippen LogP contribution is -2.45. The summed E-state index contributed by atoms with van der Waals surface area (Å²) in [7, 11) is 0. The van der Waals surface area contributed by atoms with Crippen molar-refractivity contribution in [3.63, 3.8) is 0 Å². The van der Waals surface area contributed by atoms with Crippen LogP contribution in [0.3, 0.4) is 0 Å². The number of alkyl halides is 3. The molecule has 1 atom stereocenters. The quantitative estimate of drug-likeness (QED) is 0.733. The number of thiocarbonyl (C=S) groups is 1. The lowest BCUT2D eigenvalue weighted by molar-refractivity contribution is -0.274. The molecule has 1 heterocycles. The lowest BCUT2D eigenvalue weighted by atomic mass is 10.2. The van der Waals surface area contributed by atoms with Crippen LogP contribution in [0.1, 0.15) is 6.92 Å². The highest BCUT2D eigenvalue weighted by atomic mass is 32.1. The molecule has 0 saturated carbocycles. The predicted octanol–water partition coefficient (Wildman–Crippen LogP) is 4.44. The van der Waals surface area contributed by atoms with Crippen molar-refractivity contribution in [2.45, 2.75) is 19.4 Å². The molecule has 0 fully saturated rings. The SMILES string of the molecule is CCN(C[C@@H]1COc2ccccc2O1)C(=S)Nc1ccc(OC(F)(F)F)cc1. The van der Waals surface area contributed by atoms with Crippen molar-refractivity contribution in [1.29, 1.82) is 0 Å². The molecule has 5 nitrogen and oxygen atoms in total. The van der Waals surface area contributed by atoms with Gasteiger partial charge in [0.15, 0.2) is 22.7 Å². The van der Waals surface area contributed by atoms with Crippen LogP contribution in [0.25, 0.3) is 0 Å². The number of rotatable bonds is 5. The minimum Gasteiger partial charge on any atom is -0.486 e. The summed E-state index contributed by atoms with van der Waals surface area (Å²) in [5, 5.41) is 3.46. The van der Waals surface area contributed by atoms with E-state index in [0.29, 0.717) is 42.0 Å². The van der Waals surface area contributed by atoms with Crippen LogP contribution >= 0.6 is 12.2 Å². The van der Waals surface area contributed by atoms with Gasteiger partial charge in [0.05, 0.1) is 6.54 Å². The zero-order chi connectivity index (χ0) is 20.1. The molecule has 1 aliphatic heterocycles. The van der Waals surface area contributed by atoms with E-state index in [1.165, 1.54) is 24.3 Å². The maximum atomic E-state index is 12.2. The molecule has 1 N–H and O–H groups in total. The Balaban J connectivity index is 1.57. The molecule has 0 aromatic heterocycles. The number of benzene rings is 2. The second-order valence-corrected chi connectivity index (χ2v) is 6.43. The summed E-state index contributed by atoms with van der Waals surface area (Å²) in [6.45, 7) is 3.49. The van der Waals surface area contributed by atoms with Crippen molar-refractivity contribution in [2.75, 3.05) is 25.0 Å². The van der Waals surface area contributed by atoms with Crippen molar-refractivity contribution in [1.82, 2.24) is 4.90 Å². The first-order chi connectivity index (χ1) is 13.3. The van der Waals surface area contributed by atoms with E-state index in [9.17, 15) is 13.2 Å². The van der Waals surface area contributed by atoms with Gasteiger partial charge in [-0.3, -0.25) is 0 Å². The Labute approximate surface area is 166 Å². The van der Waals surface area contributed by atoms with Gasteiger partial charge >= 0.3 is 6.36 Å². The first-order valence-electron chi connectivity index (χ1n) is 8.64. The molecular weight excluding hydrogens is 393 g/mol. The van der Waals surface area contributed by atoms with E-state index in [2.05, 4.69) is 10.1 Å². The van der Waals surface area contributed by atoms with Crippen molar-refractivity contribution in [3.05, 3.63) is 48.5 Å². The summed E-state index contributed by atoms with van der Waals surface area (Å²) in [4.78, 5) is 1.90. The first kappa shape index (κ1) is 20.1. The van der Waals surface area contributed by atoms with Crippen molar-refractivity contribution in [3.8, 4) is 17.2 Å².